The highest BCUT2D eigenvalue weighted by atomic mass is 35.5. The summed E-state index contributed by atoms with van der Waals surface area (Å²) >= 11 is 5.93. The van der Waals surface area contributed by atoms with Crippen LogP contribution in [0.2, 0.25) is 5.02 Å². The van der Waals surface area contributed by atoms with Crippen molar-refractivity contribution in [3.8, 4) is 5.75 Å². The lowest BCUT2D eigenvalue weighted by molar-refractivity contribution is -0.147. The number of halogens is 1. The average molecular weight is 366 g/mol. The highest BCUT2D eigenvalue weighted by Gasteiger charge is 2.12. The SMILES string of the molecule is COc1ccc(Cl)cc1CC(=O)OCC(=O)NCCC1=CCCCC1. The normalized spacial score (nSPS) is 13.8. The first kappa shape index (κ1) is 19.3. The second-order valence-electron chi connectivity index (χ2n) is 6.00. The lowest BCUT2D eigenvalue weighted by atomic mass is 9.97. The molecule has 2 rings (SSSR count). The van der Waals surface area contributed by atoms with Crippen LogP contribution in [0.5, 0.6) is 5.75 Å². The van der Waals surface area contributed by atoms with E-state index in [9.17, 15) is 9.59 Å². The van der Waals surface area contributed by atoms with Gasteiger partial charge in [-0.3, -0.25) is 9.59 Å². The fraction of sp³-hybridized carbons (Fsp3) is 0.474. The molecule has 0 radical (unpaired) electrons. The minimum absolute atomic E-state index is 0.00387. The molecule has 136 valence electrons. The maximum atomic E-state index is 11.9. The van der Waals surface area contributed by atoms with Gasteiger partial charge in [0, 0.05) is 17.1 Å². The summed E-state index contributed by atoms with van der Waals surface area (Å²) in [5.74, 6) is -0.222. The number of hydrogen-bond acceptors (Lipinski definition) is 4. The third kappa shape index (κ3) is 6.78. The van der Waals surface area contributed by atoms with Gasteiger partial charge in [-0.25, -0.2) is 0 Å². The highest BCUT2D eigenvalue weighted by molar-refractivity contribution is 6.30. The van der Waals surface area contributed by atoms with Crippen LogP contribution in [0.4, 0.5) is 0 Å². The van der Waals surface area contributed by atoms with Gasteiger partial charge in [0.15, 0.2) is 6.61 Å². The molecule has 0 spiro atoms. The number of carbonyl (C=O) groups excluding carboxylic acids is 2. The first-order valence-corrected chi connectivity index (χ1v) is 8.89. The topological polar surface area (TPSA) is 64.6 Å². The van der Waals surface area contributed by atoms with Gasteiger partial charge in [0.1, 0.15) is 5.75 Å². The van der Waals surface area contributed by atoms with Gasteiger partial charge in [0.2, 0.25) is 0 Å². The molecular weight excluding hydrogens is 342 g/mol. The molecule has 0 bridgehead atoms. The van der Waals surface area contributed by atoms with E-state index >= 15 is 0 Å². The van der Waals surface area contributed by atoms with Crippen LogP contribution in [-0.2, 0) is 20.7 Å². The van der Waals surface area contributed by atoms with E-state index in [4.69, 9.17) is 21.1 Å². The number of rotatable bonds is 8. The van der Waals surface area contributed by atoms with Crippen molar-refractivity contribution in [2.75, 3.05) is 20.3 Å². The Morgan fingerprint density at radius 1 is 1.28 bits per heavy atom. The Balaban J connectivity index is 1.69. The van der Waals surface area contributed by atoms with E-state index in [2.05, 4.69) is 11.4 Å². The molecule has 0 aromatic heterocycles. The summed E-state index contributed by atoms with van der Waals surface area (Å²) in [4.78, 5) is 23.7. The first-order chi connectivity index (χ1) is 12.1. The molecule has 1 N–H and O–H groups in total. The molecule has 1 aliphatic rings. The Morgan fingerprint density at radius 2 is 2.12 bits per heavy atom. The number of nitrogens with one attached hydrogen (secondary N) is 1. The Bertz CT molecular complexity index is 642. The quantitative estimate of drug-likeness (QED) is 0.566. The van der Waals surface area contributed by atoms with Gasteiger partial charge >= 0.3 is 5.97 Å². The van der Waals surface area contributed by atoms with Crippen molar-refractivity contribution in [3.05, 3.63) is 40.4 Å². The van der Waals surface area contributed by atoms with Crippen molar-refractivity contribution >= 4 is 23.5 Å². The number of amides is 1. The molecule has 5 nitrogen and oxygen atoms in total. The van der Waals surface area contributed by atoms with Crippen LogP contribution in [0.15, 0.2) is 29.8 Å². The van der Waals surface area contributed by atoms with Crippen LogP contribution in [0.1, 0.15) is 37.7 Å². The Kier molecular flexibility index (Phi) is 7.79. The molecular formula is C19H24ClNO4. The summed E-state index contributed by atoms with van der Waals surface area (Å²) < 4.78 is 10.2. The minimum atomic E-state index is -0.495. The number of methoxy groups -OCH3 is 1. The third-order valence-electron chi connectivity index (χ3n) is 4.09. The molecule has 6 heteroatoms. The van der Waals surface area contributed by atoms with Gasteiger partial charge in [0.05, 0.1) is 13.5 Å². The van der Waals surface area contributed by atoms with Crippen molar-refractivity contribution in [1.82, 2.24) is 5.32 Å². The zero-order chi connectivity index (χ0) is 18.1. The molecule has 0 heterocycles. The zero-order valence-electron chi connectivity index (χ0n) is 14.5. The van der Waals surface area contributed by atoms with Crippen molar-refractivity contribution < 1.29 is 19.1 Å². The number of ether oxygens (including phenoxy) is 2. The Morgan fingerprint density at radius 3 is 2.84 bits per heavy atom. The summed E-state index contributed by atoms with van der Waals surface area (Å²) in [5, 5.41) is 3.29. The number of benzene rings is 1. The average Bonchev–Trinajstić information content (AvgIpc) is 2.61. The van der Waals surface area contributed by atoms with E-state index < -0.39 is 5.97 Å². The molecule has 0 atom stereocenters. The van der Waals surface area contributed by atoms with E-state index in [1.54, 1.807) is 18.2 Å². The van der Waals surface area contributed by atoms with Crippen LogP contribution in [-0.4, -0.2) is 32.1 Å². The smallest absolute Gasteiger partial charge is 0.310 e. The maximum absolute atomic E-state index is 11.9. The van der Waals surface area contributed by atoms with E-state index in [1.165, 1.54) is 25.5 Å². The number of allylic oxidation sites excluding steroid dienone is 1. The van der Waals surface area contributed by atoms with E-state index in [0.29, 0.717) is 22.9 Å². The fourth-order valence-corrected chi connectivity index (χ4v) is 2.98. The summed E-state index contributed by atoms with van der Waals surface area (Å²) in [5.41, 5.74) is 2.03. The van der Waals surface area contributed by atoms with E-state index in [-0.39, 0.29) is 18.9 Å². The number of carbonyl (C=O) groups is 2. The maximum Gasteiger partial charge on any atom is 0.310 e. The summed E-state index contributed by atoms with van der Waals surface area (Å²) in [6.07, 6.45) is 7.85. The first-order valence-electron chi connectivity index (χ1n) is 8.51. The molecule has 1 amide bonds. The summed E-state index contributed by atoms with van der Waals surface area (Å²) in [6.45, 7) is 0.297. The van der Waals surface area contributed by atoms with Crippen molar-refractivity contribution in [2.24, 2.45) is 0 Å². The predicted molar refractivity (Wildman–Crippen MR) is 96.8 cm³/mol. The second-order valence-corrected chi connectivity index (χ2v) is 6.44. The molecule has 1 aliphatic carbocycles. The molecule has 1 aromatic carbocycles. The largest absolute Gasteiger partial charge is 0.496 e. The second kappa shape index (κ2) is 10.1. The van der Waals surface area contributed by atoms with Crippen LogP contribution in [0.25, 0.3) is 0 Å². The van der Waals surface area contributed by atoms with Crippen molar-refractivity contribution in [2.45, 2.75) is 38.5 Å². The molecule has 25 heavy (non-hydrogen) atoms. The number of hydrogen-bond donors (Lipinski definition) is 1. The van der Waals surface area contributed by atoms with E-state index in [1.807, 2.05) is 0 Å². The zero-order valence-corrected chi connectivity index (χ0v) is 15.2. The van der Waals surface area contributed by atoms with Gasteiger partial charge in [-0.15, -0.1) is 0 Å². The van der Waals surface area contributed by atoms with Crippen molar-refractivity contribution in [1.29, 1.82) is 0 Å². The highest BCUT2D eigenvalue weighted by Crippen LogP contribution is 2.23. The Hall–Kier alpha value is -2.01. The molecule has 0 saturated carbocycles. The lowest BCUT2D eigenvalue weighted by Gasteiger charge is -2.13. The van der Waals surface area contributed by atoms with Gasteiger partial charge in [-0.2, -0.15) is 0 Å². The van der Waals surface area contributed by atoms with Gasteiger partial charge in [-0.05, 0) is 50.3 Å². The molecule has 0 saturated heterocycles. The van der Waals surface area contributed by atoms with Crippen LogP contribution in [0.3, 0.4) is 0 Å². The van der Waals surface area contributed by atoms with Gasteiger partial charge in [-0.1, -0.05) is 23.3 Å². The van der Waals surface area contributed by atoms with Crippen LogP contribution < -0.4 is 10.1 Å². The number of esters is 1. The van der Waals surface area contributed by atoms with E-state index in [0.717, 1.165) is 19.3 Å². The minimum Gasteiger partial charge on any atom is -0.496 e. The lowest BCUT2D eigenvalue weighted by Crippen LogP contribution is -2.30. The molecule has 0 aliphatic heterocycles. The Labute approximate surface area is 153 Å². The molecule has 1 aromatic rings. The van der Waals surface area contributed by atoms with Gasteiger partial charge in [0.25, 0.3) is 5.91 Å². The third-order valence-corrected chi connectivity index (χ3v) is 4.33. The van der Waals surface area contributed by atoms with Crippen LogP contribution in [0, 0.1) is 0 Å². The summed E-state index contributed by atoms with van der Waals surface area (Å²) in [6, 6.07) is 5.03. The standard InChI is InChI=1S/C19H24ClNO4/c1-24-17-8-7-16(20)11-15(17)12-19(23)25-13-18(22)21-10-9-14-5-3-2-4-6-14/h5,7-8,11H,2-4,6,9-10,12-13H2,1H3,(H,21,22). The summed E-state index contributed by atoms with van der Waals surface area (Å²) in [7, 11) is 1.52. The van der Waals surface area contributed by atoms with Crippen molar-refractivity contribution in [3.63, 3.8) is 0 Å². The predicted octanol–water partition coefficient (Wildman–Crippen LogP) is 3.44. The fourth-order valence-electron chi connectivity index (χ4n) is 2.78. The molecule has 0 fully saturated rings. The van der Waals surface area contributed by atoms with Crippen LogP contribution >= 0.6 is 11.6 Å². The monoisotopic (exact) mass is 365 g/mol. The molecule has 0 unspecified atom stereocenters. The van der Waals surface area contributed by atoms with Gasteiger partial charge < -0.3 is 14.8 Å².